The second-order valence-corrected chi connectivity index (χ2v) is 8.55. The molecule has 2 aromatic rings. The Labute approximate surface area is 199 Å². The van der Waals surface area contributed by atoms with Gasteiger partial charge >= 0.3 is 0 Å². The number of halogens is 1. The van der Waals surface area contributed by atoms with Gasteiger partial charge in [0, 0.05) is 6.54 Å². The maximum absolute atomic E-state index is 14.5. The number of hydrogen-bond acceptors (Lipinski definition) is 4. The molecule has 1 heterocycles. The number of benzene rings is 2. The smallest absolute Gasteiger partial charge is 0.257 e. The van der Waals surface area contributed by atoms with Gasteiger partial charge < -0.3 is 9.64 Å². The first-order valence-electron chi connectivity index (χ1n) is 11.8. The van der Waals surface area contributed by atoms with E-state index in [4.69, 9.17) is 4.74 Å². The molecule has 0 aromatic heterocycles. The minimum Gasteiger partial charge on any atom is -0.494 e. The summed E-state index contributed by atoms with van der Waals surface area (Å²) in [5.41, 5.74) is 1.56. The molecule has 178 valence electrons. The van der Waals surface area contributed by atoms with Crippen molar-refractivity contribution in [2.45, 2.75) is 51.5 Å². The third-order valence-electron chi connectivity index (χ3n) is 6.33. The fraction of sp³-hybridized carbons (Fsp3) is 0.370. The van der Waals surface area contributed by atoms with Gasteiger partial charge in [0.25, 0.3) is 11.8 Å². The van der Waals surface area contributed by atoms with Gasteiger partial charge in [-0.1, -0.05) is 23.8 Å². The van der Waals surface area contributed by atoms with Crippen LogP contribution in [0.4, 0.5) is 10.1 Å². The van der Waals surface area contributed by atoms with Gasteiger partial charge in [-0.3, -0.25) is 14.4 Å². The number of rotatable bonds is 8. The summed E-state index contributed by atoms with van der Waals surface area (Å²) in [5, 5.41) is 0. The lowest BCUT2D eigenvalue weighted by Gasteiger charge is -2.29. The van der Waals surface area contributed by atoms with Gasteiger partial charge in [0.2, 0.25) is 5.91 Å². The van der Waals surface area contributed by atoms with Crippen LogP contribution in [-0.4, -0.2) is 41.8 Å². The van der Waals surface area contributed by atoms with E-state index in [-0.39, 0.29) is 24.4 Å². The van der Waals surface area contributed by atoms with Gasteiger partial charge in [0.1, 0.15) is 17.6 Å². The van der Waals surface area contributed by atoms with Gasteiger partial charge in [0.05, 0.1) is 24.3 Å². The molecular weight excluding hydrogens is 435 g/mol. The first-order chi connectivity index (χ1) is 16.5. The Morgan fingerprint density at radius 1 is 1.12 bits per heavy atom. The highest BCUT2D eigenvalue weighted by Gasteiger charge is 2.44. The highest BCUT2D eigenvalue weighted by atomic mass is 19.1. The summed E-state index contributed by atoms with van der Waals surface area (Å²) < 4.78 is 19.9. The van der Waals surface area contributed by atoms with Crippen molar-refractivity contribution in [3.05, 3.63) is 71.6 Å². The molecule has 1 saturated heterocycles. The molecule has 1 aliphatic heterocycles. The van der Waals surface area contributed by atoms with E-state index < -0.39 is 23.7 Å². The van der Waals surface area contributed by atoms with Crippen LogP contribution in [0.25, 0.3) is 0 Å². The van der Waals surface area contributed by atoms with Crippen molar-refractivity contribution in [1.82, 2.24) is 4.90 Å². The van der Waals surface area contributed by atoms with Crippen LogP contribution < -0.4 is 9.64 Å². The van der Waals surface area contributed by atoms with Crippen molar-refractivity contribution in [2.75, 3.05) is 18.1 Å². The Balaban J connectivity index is 1.60. The second kappa shape index (κ2) is 10.6. The lowest BCUT2D eigenvalue weighted by molar-refractivity contribution is -0.122. The number of carbonyl (C=O) groups excluding carboxylic acids is 3. The Morgan fingerprint density at radius 2 is 1.88 bits per heavy atom. The Bertz CT molecular complexity index is 1100. The SMILES string of the molecule is CCOc1ccc(N2C(=O)CC(N(CCC3=CCCCC3)C(=O)c3ccccc3F)C2=O)cc1. The molecule has 34 heavy (non-hydrogen) atoms. The summed E-state index contributed by atoms with van der Waals surface area (Å²) in [7, 11) is 0. The molecule has 0 N–H and O–H groups in total. The largest absolute Gasteiger partial charge is 0.494 e. The first-order valence-corrected chi connectivity index (χ1v) is 11.8. The molecule has 6 nitrogen and oxygen atoms in total. The van der Waals surface area contributed by atoms with Crippen LogP contribution in [0.3, 0.4) is 0 Å². The number of carbonyl (C=O) groups is 3. The van der Waals surface area contributed by atoms with Crippen LogP contribution in [0.15, 0.2) is 60.2 Å². The molecule has 1 fully saturated rings. The minimum absolute atomic E-state index is 0.0973. The number of ether oxygens (including phenoxy) is 1. The van der Waals surface area contributed by atoms with Crippen molar-refractivity contribution in [1.29, 1.82) is 0 Å². The Hall–Kier alpha value is -3.48. The average Bonchev–Trinajstić information content (AvgIpc) is 3.14. The number of hydrogen-bond donors (Lipinski definition) is 0. The summed E-state index contributed by atoms with van der Waals surface area (Å²) in [6.07, 6.45) is 6.85. The van der Waals surface area contributed by atoms with Gasteiger partial charge in [-0.15, -0.1) is 0 Å². The third-order valence-corrected chi connectivity index (χ3v) is 6.33. The molecule has 0 spiro atoms. The first kappa shape index (κ1) is 23.7. The van der Waals surface area contributed by atoms with Crippen molar-refractivity contribution in [2.24, 2.45) is 0 Å². The van der Waals surface area contributed by atoms with E-state index in [1.54, 1.807) is 30.3 Å². The molecule has 2 aromatic carbocycles. The van der Waals surface area contributed by atoms with Gasteiger partial charge in [-0.2, -0.15) is 0 Å². The van der Waals surface area contributed by atoms with E-state index in [1.807, 2.05) is 6.92 Å². The summed E-state index contributed by atoms with van der Waals surface area (Å²) in [6.45, 7) is 2.63. The van der Waals surface area contributed by atoms with Crippen LogP contribution in [0.1, 0.15) is 55.8 Å². The standard InChI is InChI=1S/C27H29FN2O4/c1-2-34-21-14-12-20(13-15-21)30-25(31)18-24(27(30)33)29(17-16-19-8-4-3-5-9-19)26(32)22-10-6-7-11-23(22)28/h6-8,10-15,24H,2-5,9,16-18H2,1H3. The maximum atomic E-state index is 14.5. The molecule has 0 saturated carbocycles. The number of allylic oxidation sites excluding steroid dienone is 1. The molecule has 4 rings (SSSR count). The van der Waals surface area contributed by atoms with E-state index in [0.29, 0.717) is 24.5 Å². The Morgan fingerprint density at radius 3 is 2.56 bits per heavy atom. The van der Waals surface area contributed by atoms with Crippen LogP contribution in [0.2, 0.25) is 0 Å². The van der Waals surface area contributed by atoms with E-state index in [2.05, 4.69) is 6.08 Å². The average molecular weight is 465 g/mol. The summed E-state index contributed by atoms with van der Waals surface area (Å²) in [4.78, 5) is 42.2. The molecule has 2 aliphatic rings. The minimum atomic E-state index is -0.977. The molecule has 1 aliphatic carbocycles. The van der Waals surface area contributed by atoms with Gasteiger partial charge in [0.15, 0.2) is 0 Å². The number of nitrogens with zero attached hydrogens (tertiary/aromatic N) is 2. The lowest BCUT2D eigenvalue weighted by Crippen LogP contribution is -2.46. The quantitative estimate of drug-likeness (QED) is 0.412. The van der Waals surface area contributed by atoms with E-state index in [9.17, 15) is 18.8 Å². The monoisotopic (exact) mass is 464 g/mol. The van der Waals surface area contributed by atoms with Crippen LogP contribution in [0, 0.1) is 5.82 Å². The summed E-state index contributed by atoms with van der Waals surface area (Å²) in [6, 6.07) is 11.5. The second-order valence-electron chi connectivity index (χ2n) is 8.55. The van der Waals surface area contributed by atoms with Crippen LogP contribution in [0.5, 0.6) is 5.75 Å². The highest BCUT2D eigenvalue weighted by molar-refractivity contribution is 6.23. The number of imide groups is 1. The number of anilines is 1. The van der Waals surface area contributed by atoms with Crippen molar-refractivity contribution in [3.8, 4) is 5.75 Å². The third kappa shape index (κ3) is 5.03. The lowest BCUT2D eigenvalue weighted by atomic mass is 9.96. The number of amides is 3. The topological polar surface area (TPSA) is 66.9 Å². The molecular formula is C27H29FN2O4. The van der Waals surface area contributed by atoms with E-state index in [1.165, 1.54) is 28.7 Å². The van der Waals surface area contributed by atoms with Gasteiger partial charge in [-0.05, 0) is 75.4 Å². The fourth-order valence-corrected chi connectivity index (χ4v) is 4.57. The van der Waals surface area contributed by atoms with E-state index >= 15 is 0 Å². The molecule has 7 heteroatoms. The van der Waals surface area contributed by atoms with Crippen molar-refractivity contribution >= 4 is 23.4 Å². The van der Waals surface area contributed by atoms with Crippen LogP contribution >= 0.6 is 0 Å². The fourth-order valence-electron chi connectivity index (χ4n) is 4.57. The van der Waals surface area contributed by atoms with Crippen LogP contribution in [-0.2, 0) is 9.59 Å². The molecule has 0 bridgehead atoms. The van der Waals surface area contributed by atoms with Crippen molar-refractivity contribution < 1.29 is 23.5 Å². The predicted molar refractivity (Wildman–Crippen MR) is 127 cm³/mol. The zero-order valence-corrected chi connectivity index (χ0v) is 19.3. The zero-order chi connectivity index (χ0) is 24.1. The van der Waals surface area contributed by atoms with Crippen molar-refractivity contribution in [3.63, 3.8) is 0 Å². The predicted octanol–water partition coefficient (Wildman–Crippen LogP) is 4.89. The zero-order valence-electron chi connectivity index (χ0n) is 19.3. The van der Waals surface area contributed by atoms with E-state index in [0.717, 1.165) is 30.6 Å². The normalized spacial score (nSPS) is 18.1. The highest BCUT2D eigenvalue weighted by Crippen LogP contribution is 2.29. The summed E-state index contributed by atoms with van der Waals surface area (Å²) >= 11 is 0. The Kier molecular flexibility index (Phi) is 7.40. The molecule has 0 radical (unpaired) electrons. The molecule has 1 unspecified atom stereocenters. The maximum Gasteiger partial charge on any atom is 0.257 e. The molecule has 3 amide bonds. The van der Waals surface area contributed by atoms with Gasteiger partial charge in [-0.25, -0.2) is 9.29 Å². The molecule has 1 atom stereocenters. The summed E-state index contributed by atoms with van der Waals surface area (Å²) in [5.74, 6) is -1.44.